The van der Waals surface area contributed by atoms with Crippen molar-refractivity contribution >= 4 is 20.0 Å². The number of carboxylic acids is 2. The summed E-state index contributed by atoms with van der Waals surface area (Å²) in [5.41, 5.74) is -1.37. The molecule has 0 bridgehead atoms. The summed E-state index contributed by atoms with van der Waals surface area (Å²) in [7, 11) is -2.19. The van der Waals surface area contributed by atoms with Crippen LogP contribution < -0.4 is 0 Å². The second kappa shape index (κ2) is 6.71. The lowest BCUT2D eigenvalue weighted by atomic mass is 10.0. The van der Waals surface area contributed by atoms with Crippen LogP contribution in [0.15, 0.2) is 0 Å². The molecule has 118 valence electrons. The smallest absolute Gasteiger partial charge is 0.335 e. The van der Waals surface area contributed by atoms with Gasteiger partial charge in [0.1, 0.15) is 0 Å². The Balaban J connectivity index is 5.73. The maximum Gasteiger partial charge on any atom is 0.335 e. The molecule has 0 aromatic heterocycles. The highest BCUT2D eigenvalue weighted by atomic mass is 28.3. The zero-order chi connectivity index (χ0) is 16.3. The summed E-state index contributed by atoms with van der Waals surface area (Å²) < 4.78 is 0. The van der Waals surface area contributed by atoms with E-state index in [9.17, 15) is 19.8 Å². The second-order valence-corrected chi connectivity index (χ2v) is 12.7. The van der Waals surface area contributed by atoms with E-state index in [1.807, 2.05) is 0 Å². The average Bonchev–Trinajstić information content (AvgIpc) is 2.22. The first-order valence-corrected chi connectivity index (χ1v) is 9.51. The van der Waals surface area contributed by atoms with E-state index in [0.29, 0.717) is 0 Å². The maximum atomic E-state index is 11.4. The van der Waals surface area contributed by atoms with Gasteiger partial charge in [-0.1, -0.05) is 58.2 Å². The Labute approximate surface area is 122 Å². The Morgan fingerprint density at radius 1 is 0.950 bits per heavy atom. The zero-order valence-corrected chi connectivity index (χ0v) is 14.3. The molecule has 20 heavy (non-hydrogen) atoms. The fourth-order valence-corrected chi connectivity index (χ4v) is 10.1. The van der Waals surface area contributed by atoms with Crippen LogP contribution in [0.1, 0.15) is 48.0 Å². The van der Waals surface area contributed by atoms with Crippen molar-refractivity contribution in [2.45, 2.75) is 76.2 Å². The van der Waals surface area contributed by atoms with Gasteiger partial charge in [0, 0.05) is 0 Å². The first-order valence-electron chi connectivity index (χ1n) is 7.07. The molecule has 1 unspecified atom stereocenters. The van der Waals surface area contributed by atoms with Crippen LogP contribution in [0, 0.1) is 0 Å². The minimum atomic E-state index is -2.19. The average molecular weight is 304 g/mol. The molecule has 0 aromatic carbocycles. The number of hydrogen-bond donors (Lipinski definition) is 3. The monoisotopic (exact) mass is 304 g/mol. The largest absolute Gasteiger partial charge is 0.481 e. The molecule has 6 heteroatoms. The van der Waals surface area contributed by atoms with Crippen LogP contribution >= 0.6 is 0 Å². The second-order valence-electron chi connectivity index (χ2n) is 6.66. The Kier molecular flexibility index (Phi) is 6.42. The lowest BCUT2D eigenvalue weighted by Crippen LogP contribution is -2.54. The van der Waals surface area contributed by atoms with Crippen LogP contribution in [0.4, 0.5) is 0 Å². The Bertz CT molecular complexity index is 343. The van der Waals surface area contributed by atoms with Crippen molar-refractivity contribution in [3.63, 3.8) is 0 Å². The summed E-state index contributed by atoms with van der Waals surface area (Å²) in [6, 6.07) is 0.0780. The summed E-state index contributed by atoms with van der Waals surface area (Å²) in [5.74, 6) is -2.72. The van der Waals surface area contributed by atoms with Crippen molar-refractivity contribution in [2.24, 2.45) is 0 Å². The van der Waals surface area contributed by atoms with E-state index in [-0.39, 0.29) is 22.7 Å². The summed E-state index contributed by atoms with van der Waals surface area (Å²) in [6.45, 7) is 12.3. The molecular weight excluding hydrogens is 276 g/mol. The van der Waals surface area contributed by atoms with Crippen molar-refractivity contribution < 1.29 is 24.9 Å². The summed E-state index contributed by atoms with van der Waals surface area (Å²) in [5, 5.41) is 28.6. The quantitative estimate of drug-likeness (QED) is 0.599. The number of rotatable bonds is 8. The molecule has 1 atom stereocenters. The number of aliphatic carboxylic acids is 2. The molecule has 0 fully saturated rings. The van der Waals surface area contributed by atoms with Crippen molar-refractivity contribution in [3.05, 3.63) is 0 Å². The normalized spacial score (nSPS) is 15.7. The predicted octanol–water partition coefficient (Wildman–Crippen LogP) is 2.96. The highest BCUT2D eigenvalue weighted by Crippen LogP contribution is 2.47. The highest BCUT2D eigenvalue weighted by molar-refractivity contribution is 6.83. The van der Waals surface area contributed by atoms with Gasteiger partial charge in [0.2, 0.25) is 0 Å². The molecule has 5 nitrogen and oxygen atoms in total. The molecule has 0 amide bonds. The van der Waals surface area contributed by atoms with E-state index in [1.54, 1.807) is 0 Å². The molecule has 0 aliphatic rings. The maximum absolute atomic E-state index is 11.4. The highest BCUT2D eigenvalue weighted by Gasteiger charge is 2.52. The lowest BCUT2D eigenvalue weighted by Gasteiger charge is -2.46. The molecule has 0 aliphatic heterocycles. The third-order valence-corrected chi connectivity index (χ3v) is 12.3. The Morgan fingerprint density at radius 2 is 1.30 bits per heavy atom. The third kappa shape index (κ3) is 3.82. The van der Waals surface area contributed by atoms with Gasteiger partial charge in [-0.05, 0) is 6.04 Å². The number of hydrogen-bond acceptors (Lipinski definition) is 3. The molecule has 0 heterocycles. The summed E-state index contributed by atoms with van der Waals surface area (Å²) in [6.07, 6.45) is -0.747. The number of carboxylic acid groups (broad SMARTS) is 2. The van der Waals surface area contributed by atoms with Crippen molar-refractivity contribution in [1.29, 1.82) is 0 Å². The SMILES string of the molecule is CC(C)[Si](CC(O)(CC(=O)O)C(=O)O)(C(C)C)C(C)C. The van der Waals surface area contributed by atoms with Gasteiger partial charge < -0.3 is 15.3 Å². The molecule has 0 radical (unpaired) electrons. The fraction of sp³-hybridized carbons (Fsp3) is 0.857. The van der Waals surface area contributed by atoms with E-state index in [1.165, 1.54) is 0 Å². The number of aliphatic hydroxyl groups is 1. The van der Waals surface area contributed by atoms with E-state index in [4.69, 9.17) is 5.11 Å². The van der Waals surface area contributed by atoms with Crippen LogP contribution in [0.25, 0.3) is 0 Å². The first-order chi connectivity index (χ1) is 8.90. The van der Waals surface area contributed by atoms with Gasteiger partial charge in [-0.3, -0.25) is 4.79 Å². The zero-order valence-electron chi connectivity index (χ0n) is 13.3. The topological polar surface area (TPSA) is 94.8 Å². The van der Waals surface area contributed by atoms with Gasteiger partial charge in [-0.15, -0.1) is 0 Å². The molecule has 0 aromatic rings. The summed E-state index contributed by atoms with van der Waals surface area (Å²) >= 11 is 0. The Morgan fingerprint density at radius 3 is 1.50 bits per heavy atom. The van der Waals surface area contributed by atoms with Crippen LogP contribution in [-0.4, -0.2) is 40.9 Å². The van der Waals surface area contributed by atoms with Gasteiger partial charge in [-0.25, -0.2) is 4.79 Å². The molecule has 3 N–H and O–H groups in total. The lowest BCUT2D eigenvalue weighted by molar-refractivity contribution is -0.163. The molecular formula is C14H28O5Si. The molecule has 0 aliphatic carbocycles. The van der Waals surface area contributed by atoms with Gasteiger partial charge in [-0.2, -0.15) is 0 Å². The fourth-order valence-electron chi connectivity index (χ4n) is 3.58. The van der Waals surface area contributed by atoms with E-state index >= 15 is 0 Å². The van der Waals surface area contributed by atoms with E-state index in [2.05, 4.69) is 41.5 Å². The van der Waals surface area contributed by atoms with E-state index in [0.717, 1.165) is 0 Å². The molecule has 0 saturated carbocycles. The van der Waals surface area contributed by atoms with Gasteiger partial charge in [0.15, 0.2) is 5.60 Å². The third-order valence-electron chi connectivity index (χ3n) is 4.67. The van der Waals surface area contributed by atoms with Crippen molar-refractivity contribution in [2.75, 3.05) is 0 Å². The minimum absolute atomic E-state index is 0.0780. The van der Waals surface area contributed by atoms with Crippen molar-refractivity contribution in [1.82, 2.24) is 0 Å². The van der Waals surface area contributed by atoms with Crippen LogP contribution in [0.5, 0.6) is 0 Å². The molecule has 0 spiro atoms. The van der Waals surface area contributed by atoms with Crippen molar-refractivity contribution in [3.8, 4) is 0 Å². The van der Waals surface area contributed by atoms with Crippen LogP contribution in [0.2, 0.25) is 22.7 Å². The van der Waals surface area contributed by atoms with E-state index < -0.39 is 32.0 Å². The van der Waals surface area contributed by atoms with Crippen LogP contribution in [-0.2, 0) is 9.59 Å². The van der Waals surface area contributed by atoms with Gasteiger partial charge >= 0.3 is 11.9 Å². The number of carbonyl (C=O) groups is 2. The molecule has 0 saturated heterocycles. The minimum Gasteiger partial charge on any atom is -0.481 e. The van der Waals surface area contributed by atoms with Gasteiger partial charge in [0.05, 0.1) is 14.5 Å². The Hall–Kier alpha value is -0.883. The van der Waals surface area contributed by atoms with Crippen LogP contribution in [0.3, 0.4) is 0 Å². The van der Waals surface area contributed by atoms with Gasteiger partial charge in [0.25, 0.3) is 0 Å². The standard InChI is InChI=1S/C14H28O5Si/c1-9(2)20(10(3)4,11(5)6)8-14(19,13(17)18)7-12(15)16/h9-11,19H,7-8H2,1-6H3,(H,15,16)(H,17,18). The molecule has 0 rings (SSSR count). The predicted molar refractivity (Wildman–Crippen MR) is 80.7 cm³/mol. The summed E-state index contributed by atoms with van der Waals surface area (Å²) in [4.78, 5) is 22.3. The first kappa shape index (κ1) is 19.1.